The first-order valence-electron chi connectivity index (χ1n) is 5.52. The van der Waals surface area contributed by atoms with Gasteiger partial charge >= 0.3 is 6.03 Å². The summed E-state index contributed by atoms with van der Waals surface area (Å²) in [5, 5.41) is 15.0. The fourth-order valence-electron chi connectivity index (χ4n) is 1.11. The van der Waals surface area contributed by atoms with E-state index in [4.69, 9.17) is 0 Å². The minimum Gasteiger partial charge on any atom is -0.391 e. The Balaban J connectivity index is 2.36. The van der Waals surface area contributed by atoms with Crippen molar-refractivity contribution in [3.8, 4) is 0 Å². The van der Waals surface area contributed by atoms with E-state index in [1.165, 1.54) is 0 Å². The van der Waals surface area contributed by atoms with Gasteiger partial charge in [-0.05, 0) is 17.5 Å². The van der Waals surface area contributed by atoms with Gasteiger partial charge in [-0.3, -0.25) is 4.98 Å². The maximum Gasteiger partial charge on any atom is 0.319 e. The third-order valence-electron chi connectivity index (χ3n) is 2.39. The van der Waals surface area contributed by atoms with Crippen molar-refractivity contribution in [3.63, 3.8) is 0 Å². The summed E-state index contributed by atoms with van der Waals surface area (Å²) in [7, 11) is 0. The molecule has 1 atom stereocenters. The van der Waals surface area contributed by atoms with E-state index in [1.807, 2.05) is 20.8 Å². The first-order valence-corrected chi connectivity index (χ1v) is 5.52. The van der Waals surface area contributed by atoms with E-state index < -0.39 is 6.10 Å². The third-order valence-corrected chi connectivity index (χ3v) is 2.39. The van der Waals surface area contributed by atoms with Crippen LogP contribution in [-0.2, 0) is 0 Å². The molecule has 0 saturated heterocycles. The summed E-state index contributed by atoms with van der Waals surface area (Å²) in [5.41, 5.74) is 0.423. The molecule has 5 heteroatoms. The largest absolute Gasteiger partial charge is 0.391 e. The lowest BCUT2D eigenvalue weighted by Crippen LogP contribution is -2.40. The monoisotopic (exact) mass is 237 g/mol. The zero-order valence-corrected chi connectivity index (χ0v) is 10.4. The van der Waals surface area contributed by atoms with Crippen LogP contribution in [0.1, 0.15) is 20.8 Å². The van der Waals surface area contributed by atoms with Crippen molar-refractivity contribution in [1.82, 2.24) is 10.3 Å². The molecule has 0 aromatic carbocycles. The van der Waals surface area contributed by atoms with E-state index in [9.17, 15) is 9.90 Å². The number of aliphatic hydroxyl groups is 1. The highest BCUT2D eigenvalue weighted by Gasteiger charge is 2.22. The van der Waals surface area contributed by atoms with Crippen molar-refractivity contribution in [2.24, 2.45) is 5.41 Å². The van der Waals surface area contributed by atoms with Crippen LogP contribution in [0.25, 0.3) is 0 Å². The average molecular weight is 237 g/mol. The summed E-state index contributed by atoms with van der Waals surface area (Å²) in [6, 6.07) is 3.05. The van der Waals surface area contributed by atoms with Crippen molar-refractivity contribution < 1.29 is 9.90 Å². The van der Waals surface area contributed by atoms with Crippen molar-refractivity contribution in [3.05, 3.63) is 24.5 Å². The predicted molar refractivity (Wildman–Crippen MR) is 66.7 cm³/mol. The third kappa shape index (κ3) is 4.82. The van der Waals surface area contributed by atoms with E-state index in [1.54, 1.807) is 24.5 Å². The number of carbonyl (C=O) groups excluding carboxylic acids is 1. The number of hydrogen-bond donors (Lipinski definition) is 3. The summed E-state index contributed by atoms with van der Waals surface area (Å²) in [5.74, 6) is 0. The fraction of sp³-hybridized carbons (Fsp3) is 0.500. The number of rotatable bonds is 3. The standard InChI is InChI=1S/C12H19N3O2/c1-12(2,3)10(16)8-14-11(17)15-9-4-6-13-7-5-9/h4-7,10,16H,8H2,1-3H3,(H2,13,14,15,17). The van der Waals surface area contributed by atoms with Gasteiger partial charge in [-0.25, -0.2) is 4.79 Å². The van der Waals surface area contributed by atoms with Crippen LogP contribution >= 0.6 is 0 Å². The van der Waals surface area contributed by atoms with Crippen molar-refractivity contribution in [1.29, 1.82) is 0 Å². The highest BCUT2D eigenvalue weighted by Crippen LogP contribution is 2.18. The molecule has 0 radical (unpaired) electrons. The molecule has 1 unspecified atom stereocenters. The van der Waals surface area contributed by atoms with E-state index in [0.717, 1.165) is 0 Å². The highest BCUT2D eigenvalue weighted by molar-refractivity contribution is 5.89. The van der Waals surface area contributed by atoms with Gasteiger partial charge in [0.2, 0.25) is 0 Å². The van der Waals surface area contributed by atoms with Crippen LogP contribution in [0.5, 0.6) is 0 Å². The van der Waals surface area contributed by atoms with Gasteiger partial charge in [0.1, 0.15) is 0 Å². The fourth-order valence-corrected chi connectivity index (χ4v) is 1.11. The Morgan fingerprint density at radius 1 is 1.41 bits per heavy atom. The van der Waals surface area contributed by atoms with Crippen LogP contribution in [0.2, 0.25) is 0 Å². The van der Waals surface area contributed by atoms with Crippen LogP contribution in [-0.4, -0.2) is 28.8 Å². The van der Waals surface area contributed by atoms with Crippen molar-refractivity contribution >= 4 is 11.7 Å². The molecule has 2 amide bonds. The van der Waals surface area contributed by atoms with Crippen molar-refractivity contribution in [2.45, 2.75) is 26.9 Å². The Labute approximate surface area is 101 Å². The molecule has 0 spiro atoms. The van der Waals surface area contributed by atoms with Gasteiger partial charge in [0.05, 0.1) is 6.10 Å². The molecule has 0 saturated carbocycles. The van der Waals surface area contributed by atoms with Gasteiger partial charge in [0.25, 0.3) is 0 Å². The van der Waals surface area contributed by atoms with E-state index in [-0.39, 0.29) is 18.0 Å². The number of aromatic nitrogens is 1. The zero-order chi connectivity index (χ0) is 12.9. The summed E-state index contributed by atoms with van der Waals surface area (Å²) < 4.78 is 0. The smallest absolute Gasteiger partial charge is 0.319 e. The molecule has 94 valence electrons. The summed E-state index contributed by atoms with van der Waals surface area (Å²) in [6.45, 7) is 5.97. The van der Waals surface area contributed by atoms with Gasteiger partial charge in [0.15, 0.2) is 0 Å². The van der Waals surface area contributed by atoms with E-state index in [0.29, 0.717) is 5.69 Å². The number of aliphatic hydroxyl groups excluding tert-OH is 1. The molecule has 0 bridgehead atoms. The molecular weight excluding hydrogens is 218 g/mol. The second kappa shape index (κ2) is 5.63. The molecule has 17 heavy (non-hydrogen) atoms. The minimum absolute atomic E-state index is 0.223. The van der Waals surface area contributed by atoms with Gasteiger partial charge in [-0.1, -0.05) is 20.8 Å². The minimum atomic E-state index is -0.578. The van der Waals surface area contributed by atoms with Crippen LogP contribution in [0, 0.1) is 5.41 Å². The number of nitrogens with zero attached hydrogens (tertiary/aromatic N) is 1. The molecule has 5 nitrogen and oxygen atoms in total. The number of urea groups is 1. The molecule has 1 aromatic rings. The molecule has 0 aliphatic heterocycles. The molecule has 1 rings (SSSR count). The Kier molecular flexibility index (Phi) is 4.45. The predicted octanol–water partition coefficient (Wildman–Crippen LogP) is 1.61. The first kappa shape index (κ1) is 13.4. The number of hydrogen-bond acceptors (Lipinski definition) is 3. The molecule has 1 heterocycles. The molecule has 0 fully saturated rings. The summed E-state index contributed by atoms with van der Waals surface area (Å²) >= 11 is 0. The Hall–Kier alpha value is -1.62. The summed E-state index contributed by atoms with van der Waals surface area (Å²) in [6.07, 6.45) is 2.62. The van der Waals surface area contributed by atoms with E-state index in [2.05, 4.69) is 15.6 Å². The molecule has 0 aliphatic carbocycles. The lowest BCUT2D eigenvalue weighted by Gasteiger charge is -2.25. The Morgan fingerprint density at radius 2 is 2.00 bits per heavy atom. The number of nitrogens with one attached hydrogen (secondary N) is 2. The highest BCUT2D eigenvalue weighted by atomic mass is 16.3. The first-order chi connectivity index (χ1) is 7.89. The normalized spacial score (nSPS) is 12.9. The van der Waals surface area contributed by atoms with Crippen LogP contribution < -0.4 is 10.6 Å². The van der Waals surface area contributed by atoms with Crippen molar-refractivity contribution in [2.75, 3.05) is 11.9 Å². The lowest BCUT2D eigenvalue weighted by atomic mass is 9.89. The second-order valence-electron chi connectivity index (χ2n) is 4.95. The number of carbonyl (C=O) groups is 1. The second-order valence-corrected chi connectivity index (χ2v) is 4.95. The van der Waals surface area contributed by atoms with Crippen LogP contribution in [0.3, 0.4) is 0 Å². The topological polar surface area (TPSA) is 74.2 Å². The van der Waals surface area contributed by atoms with E-state index >= 15 is 0 Å². The van der Waals surface area contributed by atoms with Gasteiger partial charge in [0, 0.05) is 24.6 Å². The Morgan fingerprint density at radius 3 is 2.53 bits per heavy atom. The number of anilines is 1. The average Bonchev–Trinajstić information content (AvgIpc) is 2.26. The number of amides is 2. The quantitative estimate of drug-likeness (QED) is 0.747. The van der Waals surface area contributed by atoms with Crippen LogP contribution in [0.15, 0.2) is 24.5 Å². The molecule has 3 N–H and O–H groups in total. The molecular formula is C12H19N3O2. The van der Waals surface area contributed by atoms with Crippen LogP contribution in [0.4, 0.5) is 10.5 Å². The van der Waals surface area contributed by atoms with Gasteiger partial charge in [-0.15, -0.1) is 0 Å². The lowest BCUT2D eigenvalue weighted by molar-refractivity contribution is 0.0654. The molecule has 0 aliphatic rings. The maximum absolute atomic E-state index is 11.5. The Bertz CT molecular complexity index is 360. The van der Waals surface area contributed by atoms with Gasteiger partial charge < -0.3 is 15.7 Å². The maximum atomic E-state index is 11.5. The SMILES string of the molecule is CC(C)(C)C(O)CNC(=O)Nc1ccncc1. The summed E-state index contributed by atoms with van der Waals surface area (Å²) in [4.78, 5) is 15.3. The molecule has 1 aromatic heterocycles. The zero-order valence-electron chi connectivity index (χ0n) is 10.4. The number of pyridine rings is 1. The van der Waals surface area contributed by atoms with Gasteiger partial charge in [-0.2, -0.15) is 0 Å².